The molecule has 0 bridgehead atoms. The van der Waals surface area contributed by atoms with Gasteiger partial charge in [0.1, 0.15) is 5.75 Å². The van der Waals surface area contributed by atoms with Gasteiger partial charge in [0, 0.05) is 37.9 Å². The second kappa shape index (κ2) is 9.91. The van der Waals surface area contributed by atoms with E-state index in [9.17, 15) is 4.79 Å². The van der Waals surface area contributed by atoms with Crippen LogP contribution in [0, 0.1) is 11.8 Å². The fourth-order valence-corrected chi connectivity index (χ4v) is 4.14. The Morgan fingerprint density at radius 3 is 2.54 bits per heavy atom. The number of carbonyl (C=O) groups excluding carboxylic acids is 1. The Labute approximate surface area is 157 Å². The van der Waals surface area contributed by atoms with Gasteiger partial charge in [-0.25, -0.2) is 0 Å². The van der Waals surface area contributed by atoms with Gasteiger partial charge in [0.2, 0.25) is 5.91 Å². The highest BCUT2D eigenvalue weighted by Gasteiger charge is 2.27. The average molecular weight is 360 g/mol. The maximum atomic E-state index is 12.7. The molecule has 3 rings (SSSR count). The molecular weight excluding hydrogens is 326 g/mol. The van der Waals surface area contributed by atoms with Crippen molar-refractivity contribution in [2.45, 2.75) is 45.4 Å². The van der Waals surface area contributed by atoms with Gasteiger partial charge < -0.3 is 14.5 Å². The topological polar surface area (TPSA) is 45.7 Å². The molecule has 0 saturated carbocycles. The van der Waals surface area contributed by atoms with Gasteiger partial charge in [-0.3, -0.25) is 9.78 Å². The van der Waals surface area contributed by atoms with Crippen molar-refractivity contribution in [1.82, 2.24) is 14.8 Å². The van der Waals surface area contributed by atoms with Crippen LogP contribution in [-0.2, 0) is 4.79 Å². The van der Waals surface area contributed by atoms with Gasteiger partial charge in [-0.1, -0.05) is 13.3 Å². The normalized spacial score (nSPS) is 20.7. The second-order valence-corrected chi connectivity index (χ2v) is 7.85. The summed E-state index contributed by atoms with van der Waals surface area (Å²) in [7, 11) is 0. The summed E-state index contributed by atoms with van der Waals surface area (Å²) < 4.78 is 5.78. The molecule has 3 heterocycles. The van der Waals surface area contributed by atoms with Crippen LogP contribution < -0.4 is 4.74 Å². The molecule has 2 aliphatic heterocycles. The Morgan fingerprint density at radius 1 is 1.15 bits per heavy atom. The highest BCUT2D eigenvalue weighted by Crippen LogP contribution is 2.23. The number of hydrogen-bond acceptors (Lipinski definition) is 4. The maximum Gasteiger partial charge on any atom is 0.226 e. The maximum absolute atomic E-state index is 12.7. The third-order valence-electron chi connectivity index (χ3n) is 5.77. The van der Waals surface area contributed by atoms with Gasteiger partial charge in [0.15, 0.2) is 0 Å². The molecule has 2 fully saturated rings. The number of hydrogen-bond donors (Lipinski definition) is 0. The Morgan fingerprint density at radius 2 is 1.85 bits per heavy atom. The van der Waals surface area contributed by atoms with E-state index in [1.165, 1.54) is 19.3 Å². The van der Waals surface area contributed by atoms with Crippen LogP contribution in [0.2, 0.25) is 0 Å². The van der Waals surface area contributed by atoms with E-state index in [1.54, 1.807) is 12.4 Å². The SMILES string of the molecule is C[C@@H](CN1CCCCC1)C(=O)N1CCC(CCOc2ccncc2)CC1. The Balaban J connectivity index is 1.34. The van der Waals surface area contributed by atoms with Crippen molar-refractivity contribution in [3.8, 4) is 5.75 Å². The summed E-state index contributed by atoms with van der Waals surface area (Å²) >= 11 is 0. The van der Waals surface area contributed by atoms with Crippen LogP contribution in [0.4, 0.5) is 0 Å². The number of likely N-dealkylation sites (tertiary alicyclic amines) is 2. The minimum atomic E-state index is 0.125. The molecule has 2 aliphatic rings. The summed E-state index contributed by atoms with van der Waals surface area (Å²) in [6, 6.07) is 3.79. The number of aromatic nitrogens is 1. The summed E-state index contributed by atoms with van der Waals surface area (Å²) in [6.07, 6.45) is 10.7. The molecule has 2 saturated heterocycles. The smallest absolute Gasteiger partial charge is 0.226 e. The second-order valence-electron chi connectivity index (χ2n) is 7.85. The van der Waals surface area contributed by atoms with E-state index in [4.69, 9.17) is 4.74 Å². The van der Waals surface area contributed by atoms with Crippen LogP contribution in [0.15, 0.2) is 24.5 Å². The van der Waals surface area contributed by atoms with Crippen molar-refractivity contribution >= 4 is 5.91 Å². The highest BCUT2D eigenvalue weighted by atomic mass is 16.5. The molecule has 0 spiro atoms. The van der Waals surface area contributed by atoms with Gasteiger partial charge in [-0.15, -0.1) is 0 Å². The van der Waals surface area contributed by atoms with Crippen molar-refractivity contribution in [3.05, 3.63) is 24.5 Å². The lowest BCUT2D eigenvalue weighted by molar-refractivity contribution is -0.137. The molecule has 1 aromatic heterocycles. The molecule has 1 atom stereocenters. The number of ether oxygens (including phenoxy) is 1. The van der Waals surface area contributed by atoms with Gasteiger partial charge in [-0.2, -0.15) is 0 Å². The number of amides is 1. The molecule has 0 radical (unpaired) electrons. The molecule has 144 valence electrons. The minimum absolute atomic E-state index is 0.125. The molecular formula is C21H33N3O2. The Kier molecular flexibility index (Phi) is 7.30. The molecule has 1 amide bonds. The van der Waals surface area contributed by atoms with Gasteiger partial charge in [-0.05, 0) is 63.2 Å². The lowest BCUT2D eigenvalue weighted by atomic mass is 9.93. The first-order chi connectivity index (χ1) is 12.7. The monoisotopic (exact) mass is 359 g/mol. The van der Waals surface area contributed by atoms with E-state index >= 15 is 0 Å². The summed E-state index contributed by atoms with van der Waals surface area (Å²) in [6.45, 7) is 7.92. The zero-order chi connectivity index (χ0) is 18.2. The first-order valence-corrected chi connectivity index (χ1v) is 10.3. The van der Waals surface area contributed by atoms with Crippen LogP contribution in [-0.4, -0.2) is 60.0 Å². The number of pyridine rings is 1. The van der Waals surface area contributed by atoms with Crippen molar-refractivity contribution in [3.63, 3.8) is 0 Å². The van der Waals surface area contributed by atoms with Crippen molar-refractivity contribution in [2.24, 2.45) is 11.8 Å². The van der Waals surface area contributed by atoms with Gasteiger partial charge >= 0.3 is 0 Å². The predicted octanol–water partition coefficient (Wildman–Crippen LogP) is 3.21. The van der Waals surface area contributed by atoms with Gasteiger partial charge in [0.05, 0.1) is 6.61 Å². The van der Waals surface area contributed by atoms with Crippen LogP contribution in [0.25, 0.3) is 0 Å². The first-order valence-electron chi connectivity index (χ1n) is 10.3. The molecule has 0 N–H and O–H groups in total. The van der Waals surface area contributed by atoms with E-state index in [0.29, 0.717) is 11.8 Å². The van der Waals surface area contributed by atoms with Crippen LogP contribution >= 0.6 is 0 Å². The number of carbonyl (C=O) groups is 1. The van der Waals surface area contributed by atoms with E-state index in [1.807, 2.05) is 12.1 Å². The van der Waals surface area contributed by atoms with Crippen molar-refractivity contribution < 1.29 is 9.53 Å². The zero-order valence-corrected chi connectivity index (χ0v) is 16.1. The van der Waals surface area contributed by atoms with Gasteiger partial charge in [0.25, 0.3) is 0 Å². The summed E-state index contributed by atoms with van der Waals surface area (Å²) in [5.41, 5.74) is 0. The number of piperidine rings is 2. The average Bonchev–Trinajstić information content (AvgIpc) is 2.69. The molecule has 1 aromatic rings. The number of nitrogens with zero attached hydrogens (tertiary/aromatic N) is 3. The third-order valence-corrected chi connectivity index (χ3v) is 5.77. The van der Waals surface area contributed by atoms with E-state index in [0.717, 1.165) is 64.3 Å². The standard InChI is InChI=1S/C21H33N3O2/c1-18(17-23-12-3-2-4-13-23)21(25)24-14-7-19(8-15-24)9-16-26-20-5-10-22-11-6-20/h5-6,10-11,18-19H,2-4,7-9,12-17H2,1H3/t18-/m0/s1. The fraction of sp³-hybridized carbons (Fsp3) is 0.714. The van der Waals surface area contributed by atoms with Crippen LogP contribution in [0.3, 0.4) is 0 Å². The van der Waals surface area contributed by atoms with E-state index < -0.39 is 0 Å². The molecule has 26 heavy (non-hydrogen) atoms. The molecule has 5 nitrogen and oxygen atoms in total. The first kappa shape index (κ1) is 19.2. The largest absolute Gasteiger partial charge is 0.493 e. The molecule has 0 unspecified atom stereocenters. The van der Waals surface area contributed by atoms with Crippen LogP contribution in [0.1, 0.15) is 45.4 Å². The van der Waals surface area contributed by atoms with E-state index in [2.05, 4.69) is 21.7 Å². The zero-order valence-electron chi connectivity index (χ0n) is 16.1. The third kappa shape index (κ3) is 5.70. The minimum Gasteiger partial charge on any atom is -0.493 e. The molecule has 0 aromatic carbocycles. The fourth-order valence-electron chi connectivity index (χ4n) is 4.14. The Bertz CT molecular complexity index is 537. The summed E-state index contributed by atoms with van der Waals surface area (Å²) in [5.74, 6) is 2.03. The predicted molar refractivity (Wildman–Crippen MR) is 103 cm³/mol. The summed E-state index contributed by atoms with van der Waals surface area (Å²) in [5, 5.41) is 0. The molecule has 0 aliphatic carbocycles. The Hall–Kier alpha value is -1.62. The van der Waals surface area contributed by atoms with E-state index in [-0.39, 0.29) is 5.92 Å². The molecule has 5 heteroatoms. The number of rotatable bonds is 7. The van der Waals surface area contributed by atoms with Crippen LogP contribution in [0.5, 0.6) is 5.75 Å². The lowest BCUT2D eigenvalue weighted by Gasteiger charge is -2.35. The lowest BCUT2D eigenvalue weighted by Crippen LogP contribution is -2.45. The van der Waals surface area contributed by atoms with Crippen molar-refractivity contribution in [2.75, 3.05) is 39.3 Å². The highest BCUT2D eigenvalue weighted by molar-refractivity contribution is 5.78. The summed E-state index contributed by atoms with van der Waals surface area (Å²) in [4.78, 5) is 21.3. The quantitative estimate of drug-likeness (QED) is 0.750. The van der Waals surface area contributed by atoms with Crippen molar-refractivity contribution in [1.29, 1.82) is 0 Å².